The first-order chi connectivity index (χ1) is 15.0. The second-order valence-corrected chi connectivity index (χ2v) is 6.75. The topological polar surface area (TPSA) is 106 Å². The van der Waals surface area contributed by atoms with Gasteiger partial charge in [0.25, 0.3) is 0 Å². The Kier molecular flexibility index (Phi) is 5.51. The predicted molar refractivity (Wildman–Crippen MR) is 110 cm³/mol. The summed E-state index contributed by atoms with van der Waals surface area (Å²) in [5.41, 5.74) is 0.294. The standard InChI is InChI=1S/C22H22O9/c1-25-13-8-12(9-14(26-2)20(13)28-4)18-16(10-23)29-21-15(27-3)7-11-5-6-17(24)30-19(11)22(21)31-18/h5-9,16,18,23H,10H2,1-4H3/t16-,18-/m0/s1. The summed E-state index contributed by atoms with van der Waals surface area (Å²) in [5.74, 6) is 2.10. The third kappa shape index (κ3) is 3.46. The number of hydrogen-bond acceptors (Lipinski definition) is 9. The van der Waals surface area contributed by atoms with Gasteiger partial charge in [0.15, 0.2) is 35.0 Å². The summed E-state index contributed by atoms with van der Waals surface area (Å²) in [6, 6.07) is 8.02. The van der Waals surface area contributed by atoms with E-state index in [2.05, 4.69) is 0 Å². The molecule has 0 saturated carbocycles. The highest BCUT2D eigenvalue weighted by Gasteiger charge is 2.37. The average molecular weight is 430 g/mol. The molecule has 1 N–H and O–H groups in total. The number of methoxy groups -OCH3 is 4. The molecule has 3 aromatic rings. The molecule has 1 aliphatic rings. The monoisotopic (exact) mass is 430 g/mol. The lowest BCUT2D eigenvalue weighted by Crippen LogP contribution is -2.36. The van der Waals surface area contributed by atoms with Crippen LogP contribution in [0.4, 0.5) is 0 Å². The molecule has 9 heteroatoms. The fourth-order valence-electron chi connectivity index (χ4n) is 3.61. The number of hydrogen-bond donors (Lipinski definition) is 1. The van der Waals surface area contributed by atoms with Crippen molar-refractivity contribution < 1.29 is 37.9 Å². The van der Waals surface area contributed by atoms with Crippen LogP contribution in [-0.2, 0) is 0 Å². The number of rotatable bonds is 6. The van der Waals surface area contributed by atoms with Gasteiger partial charge in [0.1, 0.15) is 0 Å². The van der Waals surface area contributed by atoms with Crippen molar-refractivity contribution in [1.29, 1.82) is 0 Å². The van der Waals surface area contributed by atoms with E-state index in [1.807, 2.05) is 0 Å². The van der Waals surface area contributed by atoms with Crippen LogP contribution in [0, 0.1) is 0 Å². The highest BCUT2D eigenvalue weighted by Crippen LogP contribution is 2.50. The van der Waals surface area contributed by atoms with Gasteiger partial charge in [-0.05, 0) is 24.3 Å². The molecule has 0 radical (unpaired) electrons. The molecule has 164 valence electrons. The van der Waals surface area contributed by atoms with Crippen molar-refractivity contribution >= 4 is 11.0 Å². The van der Waals surface area contributed by atoms with Crippen LogP contribution in [0.2, 0.25) is 0 Å². The molecular formula is C22H22O9. The molecule has 31 heavy (non-hydrogen) atoms. The van der Waals surface area contributed by atoms with E-state index in [1.54, 1.807) is 24.3 Å². The number of aliphatic hydroxyl groups excluding tert-OH is 1. The minimum Gasteiger partial charge on any atom is -0.493 e. The fraction of sp³-hybridized carbons (Fsp3) is 0.318. The van der Waals surface area contributed by atoms with E-state index >= 15 is 0 Å². The van der Waals surface area contributed by atoms with Crippen molar-refractivity contribution in [3.63, 3.8) is 0 Å². The van der Waals surface area contributed by atoms with Crippen molar-refractivity contribution in [2.75, 3.05) is 35.0 Å². The Morgan fingerprint density at radius 1 is 0.871 bits per heavy atom. The molecule has 1 aliphatic heterocycles. The van der Waals surface area contributed by atoms with Gasteiger partial charge in [0.2, 0.25) is 17.2 Å². The Bertz CT molecular complexity index is 1140. The first kappa shape index (κ1) is 20.7. The van der Waals surface area contributed by atoms with E-state index in [-0.39, 0.29) is 23.7 Å². The zero-order chi connectivity index (χ0) is 22.1. The first-order valence-corrected chi connectivity index (χ1v) is 9.43. The smallest absolute Gasteiger partial charge is 0.336 e. The van der Waals surface area contributed by atoms with Crippen LogP contribution in [0.15, 0.2) is 39.5 Å². The highest BCUT2D eigenvalue weighted by molar-refractivity contribution is 5.88. The van der Waals surface area contributed by atoms with E-state index < -0.39 is 17.8 Å². The minimum atomic E-state index is -0.780. The molecule has 0 unspecified atom stereocenters. The molecule has 2 atom stereocenters. The van der Waals surface area contributed by atoms with E-state index in [1.165, 1.54) is 34.5 Å². The quantitative estimate of drug-likeness (QED) is 0.591. The molecule has 0 amide bonds. The molecule has 0 saturated heterocycles. The second-order valence-electron chi connectivity index (χ2n) is 6.75. The number of ether oxygens (including phenoxy) is 6. The maximum absolute atomic E-state index is 11.9. The van der Waals surface area contributed by atoms with Crippen molar-refractivity contribution in [3.8, 4) is 34.5 Å². The molecule has 0 bridgehead atoms. The summed E-state index contributed by atoms with van der Waals surface area (Å²) in [6.45, 7) is -0.347. The van der Waals surface area contributed by atoms with Gasteiger partial charge in [-0.1, -0.05) is 0 Å². The predicted octanol–water partition coefficient (Wildman–Crippen LogP) is 2.70. The van der Waals surface area contributed by atoms with Crippen LogP contribution in [-0.4, -0.2) is 46.3 Å². The van der Waals surface area contributed by atoms with Crippen molar-refractivity contribution in [2.45, 2.75) is 12.2 Å². The lowest BCUT2D eigenvalue weighted by Gasteiger charge is -2.34. The maximum Gasteiger partial charge on any atom is 0.336 e. The van der Waals surface area contributed by atoms with Crippen LogP contribution in [0.3, 0.4) is 0 Å². The molecule has 9 nitrogen and oxygen atoms in total. The summed E-state index contributed by atoms with van der Waals surface area (Å²) >= 11 is 0. The van der Waals surface area contributed by atoms with Crippen molar-refractivity contribution in [1.82, 2.24) is 0 Å². The average Bonchev–Trinajstić information content (AvgIpc) is 2.81. The number of aliphatic hydroxyl groups is 1. The van der Waals surface area contributed by atoms with Crippen molar-refractivity contribution in [3.05, 3.63) is 46.3 Å². The van der Waals surface area contributed by atoms with E-state index in [4.69, 9.17) is 32.8 Å². The summed E-state index contributed by atoms with van der Waals surface area (Å²) in [4.78, 5) is 11.9. The fourth-order valence-corrected chi connectivity index (χ4v) is 3.61. The minimum absolute atomic E-state index is 0.204. The van der Waals surface area contributed by atoms with Gasteiger partial charge in [-0.15, -0.1) is 0 Å². The molecule has 0 aliphatic carbocycles. The van der Waals surface area contributed by atoms with Crippen LogP contribution >= 0.6 is 0 Å². The number of fused-ring (bicyclic) bond motifs is 3. The van der Waals surface area contributed by atoms with Crippen molar-refractivity contribution in [2.24, 2.45) is 0 Å². The summed E-state index contributed by atoms with van der Waals surface area (Å²) < 4.78 is 39.3. The Morgan fingerprint density at radius 3 is 2.13 bits per heavy atom. The van der Waals surface area contributed by atoms with E-state index in [0.29, 0.717) is 33.9 Å². The molecule has 4 rings (SSSR count). The summed E-state index contributed by atoms with van der Waals surface area (Å²) in [5, 5.41) is 10.6. The SMILES string of the molecule is COc1cc([C@@H]2Oc3c(c(OC)cc4ccc(=O)oc34)O[C@H]2CO)cc(OC)c1OC. The van der Waals surface area contributed by atoms with Gasteiger partial charge >= 0.3 is 5.63 Å². The van der Waals surface area contributed by atoms with Gasteiger partial charge < -0.3 is 37.9 Å². The molecule has 2 heterocycles. The van der Waals surface area contributed by atoms with E-state index in [0.717, 1.165) is 0 Å². The molecular weight excluding hydrogens is 408 g/mol. The van der Waals surface area contributed by atoms with Crippen LogP contribution < -0.4 is 34.0 Å². The lowest BCUT2D eigenvalue weighted by atomic mass is 10.0. The molecule has 0 fully saturated rings. The summed E-state index contributed by atoms with van der Waals surface area (Å²) in [7, 11) is 6.01. The molecule has 2 aromatic carbocycles. The third-order valence-electron chi connectivity index (χ3n) is 5.05. The zero-order valence-corrected chi connectivity index (χ0v) is 17.5. The lowest BCUT2D eigenvalue weighted by molar-refractivity contribution is -0.0137. The molecule has 1 aromatic heterocycles. The third-order valence-corrected chi connectivity index (χ3v) is 5.05. The van der Waals surface area contributed by atoms with Gasteiger partial charge in [0.05, 0.1) is 35.0 Å². The van der Waals surface area contributed by atoms with E-state index in [9.17, 15) is 9.90 Å². The maximum atomic E-state index is 11.9. The van der Waals surface area contributed by atoms with Gasteiger partial charge in [-0.3, -0.25) is 0 Å². The zero-order valence-electron chi connectivity index (χ0n) is 17.5. The summed E-state index contributed by atoms with van der Waals surface area (Å²) in [6.07, 6.45) is -1.55. The Morgan fingerprint density at radius 2 is 1.55 bits per heavy atom. The van der Waals surface area contributed by atoms with Gasteiger partial charge in [-0.2, -0.15) is 0 Å². The molecule has 0 spiro atoms. The Hall–Kier alpha value is -3.59. The van der Waals surface area contributed by atoms with Crippen LogP contribution in [0.5, 0.6) is 34.5 Å². The highest BCUT2D eigenvalue weighted by atomic mass is 16.6. The normalized spacial score (nSPS) is 17.3. The number of benzene rings is 2. The van der Waals surface area contributed by atoms with Gasteiger partial charge in [0, 0.05) is 17.0 Å². The largest absolute Gasteiger partial charge is 0.493 e. The van der Waals surface area contributed by atoms with Gasteiger partial charge in [-0.25, -0.2) is 4.79 Å². The Balaban J connectivity index is 1.90. The second kappa shape index (κ2) is 8.27. The first-order valence-electron chi connectivity index (χ1n) is 9.43. The Labute approximate surface area is 177 Å². The van der Waals surface area contributed by atoms with Crippen LogP contribution in [0.25, 0.3) is 11.0 Å². The van der Waals surface area contributed by atoms with Crippen LogP contribution in [0.1, 0.15) is 11.7 Å².